The minimum atomic E-state index is 1.00. The molecule has 1 heteroatoms. The Kier molecular flexibility index (Phi) is 4.24. The van der Waals surface area contributed by atoms with Gasteiger partial charge < -0.3 is 0 Å². The molecule has 0 heterocycles. The Morgan fingerprint density at radius 2 is 1.15 bits per heavy atom. The van der Waals surface area contributed by atoms with E-state index in [0.717, 1.165) is 24.2 Å². The Morgan fingerprint density at radius 1 is 0.654 bits per heavy atom. The summed E-state index contributed by atoms with van der Waals surface area (Å²) in [6, 6.07) is 20.0. The first-order valence-corrected chi connectivity index (χ1v) is 9.54. The van der Waals surface area contributed by atoms with E-state index < -0.39 is 0 Å². The molecule has 0 bridgehead atoms. The van der Waals surface area contributed by atoms with Gasteiger partial charge in [0.05, 0.1) is 11.4 Å². The van der Waals surface area contributed by atoms with Crippen molar-refractivity contribution in [3.8, 4) is 11.1 Å². The second kappa shape index (κ2) is 6.57. The molecule has 4 rings (SSSR count). The molecule has 0 saturated carbocycles. The molecule has 0 spiro atoms. The van der Waals surface area contributed by atoms with Crippen molar-refractivity contribution in [2.75, 3.05) is 0 Å². The van der Waals surface area contributed by atoms with E-state index in [4.69, 9.17) is 4.99 Å². The highest BCUT2D eigenvalue weighted by atomic mass is 14.8. The number of hydrogen-bond donors (Lipinski definition) is 0. The van der Waals surface area contributed by atoms with Crippen LogP contribution < -0.4 is 0 Å². The van der Waals surface area contributed by atoms with Gasteiger partial charge in [-0.3, -0.25) is 0 Å². The zero-order chi connectivity index (χ0) is 18.3. The zero-order valence-electron chi connectivity index (χ0n) is 16.1. The highest BCUT2D eigenvalue weighted by Crippen LogP contribution is 2.40. The predicted molar refractivity (Wildman–Crippen MR) is 112 cm³/mol. The van der Waals surface area contributed by atoms with Crippen molar-refractivity contribution < 1.29 is 0 Å². The molecule has 3 aromatic rings. The average Bonchev–Trinajstić information content (AvgIpc) is 2.94. The van der Waals surface area contributed by atoms with E-state index in [1.54, 1.807) is 0 Å². The van der Waals surface area contributed by atoms with Gasteiger partial charge in [-0.05, 0) is 61.1 Å². The summed E-state index contributed by atoms with van der Waals surface area (Å²) in [6.07, 6.45) is 2.00. The molecule has 0 fully saturated rings. The topological polar surface area (TPSA) is 12.4 Å². The van der Waals surface area contributed by atoms with Crippen LogP contribution in [0.2, 0.25) is 0 Å². The molecule has 1 nitrogen and oxygen atoms in total. The van der Waals surface area contributed by atoms with Crippen LogP contribution in [0, 0.1) is 13.8 Å². The largest absolute Gasteiger partial charge is 0.247 e. The van der Waals surface area contributed by atoms with E-state index >= 15 is 0 Å². The maximum atomic E-state index is 5.28. The maximum absolute atomic E-state index is 5.28. The van der Waals surface area contributed by atoms with Crippen molar-refractivity contribution in [3.05, 3.63) is 88.0 Å². The molecule has 0 radical (unpaired) electrons. The molecule has 0 saturated heterocycles. The fraction of sp³-hybridized carbons (Fsp3) is 0.240. The summed E-state index contributed by atoms with van der Waals surface area (Å²) in [4.78, 5) is 5.28. The number of benzene rings is 3. The number of nitrogens with zero attached hydrogens (tertiary/aromatic N) is 1. The van der Waals surface area contributed by atoms with Crippen molar-refractivity contribution in [1.82, 2.24) is 0 Å². The molecular weight excluding hydrogens is 314 g/mol. The van der Waals surface area contributed by atoms with Crippen LogP contribution in [0.3, 0.4) is 0 Å². The number of hydrogen-bond acceptors (Lipinski definition) is 1. The lowest BCUT2D eigenvalue weighted by Gasteiger charge is -2.11. The summed E-state index contributed by atoms with van der Waals surface area (Å²) < 4.78 is 0. The molecule has 0 aromatic heterocycles. The quantitative estimate of drug-likeness (QED) is 0.400. The first kappa shape index (κ1) is 16.8. The molecule has 0 aliphatic heterocycles. The lowest BCUT2D eigenvalue weighted by atomic mass is 10.0. The van der Waals surface area contributed by atoms with Crippen molar-refractivity contribution in [2.45, 2.75) is 40.5 Å². The lowest BCUT2D eigenvalue weighted by Crippen LogP contribution is -2.00. The summed E-state index contributed by atoms with van der Waals surface area (Å²) in [6.45, 7) is 8.74. The fourth-order valence-electron chi connectivity index (χ4n) is 3.91. The Hall–Kier alpha value is -2.67. The van der Waals surface area contributed by atoms with E-state index in [9.17, 15) is 0 Å². The molecule has 3 aromatic carbocycles. The van der Waals surface area contributed by atoms with E-state index in [2.05, 4.69) is 82.3 Å². The van der Waals surface area contributed by atoms with Gasteiger partial charge in [-0.25, -0.2) is 4.99 Å². The lowest BCUT2D eigenvalue weighted by molar-refractivity contribution is 1.08. The predicted octanol–water partition coefficient (Wildman–Crippen LogP) is 6.58. The molecule has 0 amide bonds. The molecule has 0 unspecified atom stereocenters. The normalized spacial score (nSPS) is 12.1. The van der Waals surface area contributed by atoms with Crippen molar-refractivity contribution in [1.29, 1.82) is 0 Å². The number of aryl methyl sites for hydroxylation is 4. The van der Waals surface area contributed by atoms with E-state index in [0.29, 0.717) is 0 Å². The summed E-state index contributed by atoms with van der Waals surface area (Å²) in [5, 5.41) is 0. The van der Waals surface area contributed by atoms with Crippen molar-refractivity contribution >= 4 is 11.4 Å². The van der Waals surface area contributed by atoms with Crippen LogP contribution in [0.1, 0.15) is 47.2 Å². The van der Waals surface area contributed by atoms with Crippen LogP contribution in [0.25, 0.3) is 11.1 Å². The number of para-hydroxylation sites is 1. The minimum Gasteiger partial charge on any atom is -0.247 e. The Labute approximate surface area is 156 Å². The Bertz CT molecular complexity index is 949. The summed E-state index contributed by atoms with van der Waals surface area (Å²) in [7, 11) is 0. The molecule has 26 heavy (non-hydrogen) atoms. The summed E-state index contributed by atoms with van der Waals surface area (Å²) >= 11 is 0. The molecular formula is C25H25N. The monoisotopic (exact) mass is 339 g/mol. The number of rotatable bonds is 3. The second-order valence-electron chi connectivity index (χ2n) is 7.19. The average molecular weight is 339 g/mol. The summed E-state index contributed by atoms with van der Waals surface area (Å²) in [5.74, 6) is 0. The van der Waals surface area contributed by atoms with E-state index in [-0.39, 0.29) is 0 Å². The van der Waals surface area contributed by atoms with E-state index in [1.807, 2.05) is 0 Å². The highest BCUT2D eigenvalue weighted by molar-refractivity contribution is 6.25. The van der Waals surface area contributed by atoms with Crippen molar-refractivity contribution in [3.63, 3.8) is 0 Å². The third kappa shape index (κ3) is 2.68. The second-order valence-corrected chi connectivity index (χ2v) is 7.19. The molecule has 0 N–H and O–H groups in total. The van der Waals surface area contributed by atoms with Gasteiger partial charge in [-0.2, -0.15) is 0 Å². The highest BCUT2D eigenvalue weighted by Gasteiger charge is 2.25. The smallest absolute Gasteiger partial charge is 0.0794 e. The first-order valence-electron chi connectivity index (χ1n) is 9.54. The van der Waals surface area contributed by atoms with E-state index in [1.165, 1.54) is 44.5 Å². The van der Waals surface area contributed by atoms with Gasteiger partial charge in [0.1, 0.15) is 0 Å². The van der Waals surface area contributed by atoms with Gasteiger partial charge in [-0.15, -0.1) is 0 Å². The van der Waals surface area contributed by atoms with Crippen LogP contribution in [-0.2, 0) is 12.8 Å². The first-order chi connectivity index (χ1) is 12.6. The molecule has 1 aliphatic carbocycles. The van der Waals surface area contributed by atoms with Crippen molar-refractivity contribution in [2.24, 2.45) is 4.99 Å². The summed E-state index contributed by atoms with van der Waals surface area (Å²) in [5.41, 5.74) is 12.6. The standard InChI is InChI=1S/C25H25N/c1-5-18-8-7-9-19(6-2)24(18)26-25-22-14-16(3)10-12-20(22)21-13-11-17(4)15-23(21)25/h7-15H,5-6H2,1-4H3. The third-order valence-corrected chi connectivity index (χ3v) is 5.34. The zero-order valence-corrected chi connectivity index (χ0v) is 16.1. The molecule has 0 atom stereocenters. The van der Waals surface area contributed by atoms with Gasteiger partial charge in [0.2, 0.25) is 0 Å². The molecule has 1 aliphatic rings. The number of aliphatic imine (C=N–C) groups is 1. The van der Waals surface area contributed by atoms with Crippen LogP contribution >= 0.6 is 0 Å². The van der Waals surface area contributed by atoms with Crippen LogP contribution in [0.4, 0.5) is 5.69 Å². The Balaban J connectivity index is 2.02. The number of fused-ring (bicyclic) bond motifs is 3. The van der Waals surface area contributed by atoms with Gasteiger partial charge in [0, 0.05) is 11.1 Å². The molecule has 130 valence electrons. The third-order valence-electron chi connectivity index (χ3n) is 5.34. The van der Waals surface area contributed by atoms with Gasteiger partial charge in [0.25, 0.3) is 0 Å². The Morgan fingerprint density at radius 3 is 1.62 bits per heavy atom. The van der Waals surface area contributed by atoms with Gasteiger partial charge in [0.15, 0.2) is 0 Å². The maximum Gasteiger partial charge on any atom is 0.0794 e. The van der Waals surface area contributed by atoms with Crippen LogP contribution in [0.5, 0.6) is 0 Å². The van der Waals surface area contributed by atoms with Gasteiger partial charge in [-0.1, -0.05) is 67.4 Å². The van der Waals surface area contributed by atoms with Crippen LogP contribution in [-0.4, -0.2) is 5.71 Å². The minimum absolute atomic E-state index is 1.00. The van der Waals surface area contributed by atoms with Gasteiger partial charge >= 0.3 is 0 Å². The van der Waals surface area contributed by atoms with Crippen LogP contribution in [0.15, 0.2) is 59.6 Å². The SMILES string of the molecule is CCc1cccc(CC)c1N=C1c2cc(C)ccc2-c2ccc(C)cc21. The fourth-order valence-corrected chi connectivity index (χ4v) is 3.91.